The lowest BCUT2D eigenvalue weighted by molar-refractivity contribution is 0.313. The maximum Gasteiger partial charge on any atom is 0.120 e. The van der Waals surface area contributed by atoms with Crippen LogP contribution in [0.1, 0.15) is 10.7 Å². The summed E-state index contributed by atoms with van der Waals surface area (Å²) in [5.74, 6) is 0.885. The van der Waals surface area contributed by atoms with E-state index in [4.69, 9.17) is 4.74 Å². The number of aromatic nitrogens is 1. The first-order valence-corrected chi connectivity index (χ1v) is 7.41. The number of benzene rings is 1. The zero-order valence-corrected chi connectivity index (χ0v) is 12.6. The van der Waals surface area contributed by atoms with Gasteiger partial charge in [-0.15, -0.1) is 11.3 Å². The van der Waals surface area contributed by atoms with Crippen LogP contribution in [0.5, 0.6) is 5.75 Å². The molecule has 0 unspecified atom stereocenters. The van der Waals surface area contributed by atoms with Gasteiger partial charge in [0.1, 0.15) is 12.4 Å². The lowest BCUT2D eigenvalue weighted by Crippen LogP contribution is -2.20. The van der Waals surface area contributed by atoms with Gasteiger partial charge in [0.15, 0.2) is 0 Å². The second-order valence-corrected chi connectivity index (χ2v) is 5.82. The van der Waals surface area contributed by atoms with E-state index >= 15 is 0 Å². The summed E-state index contributed by atoms with van der Waals surface area (Å²) in [6.07, 6.45) is 0. The van der Waals surface area contributed by atoms with Gasteiger partial charge in [-0.2, -0.15) is 0 Å². The summed E-state index contributed by atoms with van der Waals surface area (Å²) in [6.45, 7) is 4.28. The molecular weight excluding hydrogens is 312 g/mol. The van der Waals surface area contributed by atoms with E-state index in [1.165, 1.54) is 0 Å². The van der Waals surface area contributed by atoms with Crippen molar-refractivity contribution in [3.05, 3.63) is 44.8 Å². The predicted octanol–water partition coefficient (Wildman–Crippen LogP) is 3.38. The third-order valence-corrected chi connectivity index (χ3v) is 3.63. The van der Waals surface area contributed by atoms with Crippen LogP contribution in [0.15, 0.2) is 34.1 Å². The summed E-state index contributed by atoms with van der Waals surface area (Å²) < 4.78 is 6.65. The molecule has 1 aromatic carbocycles. The van der Waals surface area contributed by atoms with Crippen molar-refractivity contribution in [3.8, 4) is 5.75 Å². The third-order valence-electron chi connectivity index (χ3n) is 2.32. The minimum absolute atomic E-state index is 0.652. The van der Waals surface area contributed by atoms with Gasteiger partial charge in [0.25, 0.3) is 0 Å². The summed E-state index contributed by atoms with van der Waals surface area (Å²) >= 11 is 5.09. The van der Waals surface area contributed by atoms with Gasteiger partial charge < -0.3 is 10.1 Å². The lowest BCUT2D eigenvalue weighted by atomic mass is 10.3. The molecule has 0 bridgehead atoms. The van der Waals surface area contributed by atoms with Crippen molar-refractivity contribution >= 4 is 27.3 Å². The molecule has 0 radical (unpaired) electrons. The molecule has 0 aliphatic heterocycles. The zero-order chi connectivity index (χ0) is 12.8. The van der Waals surface area contributed by atoms with E-state index in [-0.39, 0.29) is 0 Å². The molecule has 0 spiro atoms. The van der Waals surface area contributed by atoms with Crippen molar-refractivity contribution in [2.24, 2.45) is 0 Å². The Bertz CT molecular complexity index is 501. The molecule has 2 rings (SSSR count). The second-order valence-electron chi connectivity index (χ2n) is 3.84. The Morgan fingerprint density at radius 2 is 2.33 bits per heavy atom. The molecule has 1 heterocycles. The van der Waals surface area contributed by atoms with Crippen LogP contribution < -0.4 is 10.1 Å². The fourth-order valence-electron chi connectivity index (χ4n) is 1.50. The molecule has 5 heteroatoms. The summed E-state index contributed by atoms with van der Waals surface area (Å²) in [5, 5.41) is 6.50. The number of halogens is 1. The molecule has 1 N–H and O–H groups in total. The van der Waals surface area contributed by atoms with Crippen molar-refractivity contribution in [3.63, 3.8) is 0 Å². The number of nitrogens with one attached hydrogen (secondary N) is 1. The molecule has 0 amide bonds. The van der Waals surface area contributed by atoms with Crippen LogP contribution in [0.4, 0.5) is 0 Å². The molecule has 0 aliphatic carbocycles. The average Bonchev–Trinajstić information content (AvgIpc) is 2.75. The van der Waals surface area contributed by atoms with Gasteiger partial charge in [-0.3, -0.25) is 0 Å². The van der Waals surface area contributed by atoms with E-state index in [2.05, 4.69) is 31.6 Å². The SMILES string of the molecule is Cc1nc(CNCCOc2cccc(Br)c2)cs1. The number of rotatable bonds is 6. The first-order chi connectivity index (χ1) is 8.74. The molecule has 0 aliphatic rings. The van der Waals surface area contributed by atoms with Crippen molar-refractivity contribution in [1.29, 1.82) is 0 Å². The molecule has 96 valence electrons. The quantitative estimate of drug-likeness (QED) is 0.826. The molecule has 18 heavy (non-hydrogen) atoms. The average molecular weight is 327 g/mol. The van der Waals surface area contributed by atoms with Crippen LogP contribution in [0, 0.1) is 6.92 Å². The van der Waals surface area contributed by atoms with Crippen molar-refractivity contribution in [1.82, 2.24) is 10.3 Å². The largest absolute Gasteiger partial charge is 0.492 e. The Hall–Kier alpha value is -0.910. The molecule has 0 saturated heterocycles. The molecule has 0 fully saturated rings. The maximum atomic E-state index is 5.62. The molecule has 0 saturated carbocycles. The Kier molecular flexibility index (Phi) is 5.16. The van der Waals surface area contributed by atoms with Gasteiger partial charge in [-0.05, 0) is 25.1 Å². The summed E-state index contributed by atoms with van der Waals surface area (Å²) in [6, 6.07) is 7.86. The zero-order valence-electron chi connectivity index (χ0n) is 10.1. The van der Waals surface area contributed by atoms with Gasteiger partial charge >= 0.3 is 0 Å². The van der Waals surface area contributed by atoms with Crippen LogP contribution in [-0.2, 0) is 6.54 Å². The summed E-state index contributed by atoms with van der Waals surface area (Å²) in [7, 11) is 0. The van der Waals surface area contributed by atoms with E-state index < -0.39 is 0 Å². The monoisotopic (exact) mass is 326 g/mol. The Morgan fingerprint density at radius 3 is 3.06 bits per heavy atom. The van der Waals surface area contributed by atoms with Crippen LogP contribution in [0.2, 0.25) is 0 Å². The minimum atomic E-state index is 0.652. The Labute approximate surface area is 119 Å². The summed E-state index contributed by atoms with van der Waals surface area (Å²) in [4.78, 5) is 4.39. The van der Waals surface area contributed by atoms with Crippen LogP contribution >= 0.6 is 27.3 Å². The predicted molar refractivity (Wildman–Crippen MR) is 78.2 cm³/mol. The van der Waals surface area contributed by atoms with Crippen molar-refractivity contribution in [2.75, 3.05) is 13.2 Å². The lowest BCUT2D eigenvalue weighted by Gasteiger charge is -2.07. The Morgan fingerprint density at radius 1 is 1.44 bits per heavy atom. The van der Waals surface area contributed by atoms with Crippen molar-refractivity contribution in [2.45, 2.75) is 13.5 Å². The highest BCUT2D eigenvalue weighted by atomic mass is 79.9. The van der Waals surface area contributed by atoms with E-state index in [0.29, 0.717) is 6.61 Å². The minimum Gasteiger partial charge on any atom is -0.492 e. The van der Waals surface area contributed by atoms with Gasteiger partial charge in [-0.25, -0.2) is 4.98 Å². The molecule has 3 nitrogen and oxygen atoms in total. The van der Waals surface area contributed by atoms with E-state index in [9.17, 15) is 0 Å². The maximum absolute atomic E-state index is 5.62. The standard InChI is InChI=1S/C13H15BrN2OS/c1-10-16-12(9-18-10)8-15-5-6-17-13-4-2-3-11(14)7-13/h2-4,7,9,15H,5-6,8H2,1H3. The molecule has 1 aromatic heterocycles. The van der Waals surface area contributed by atoms with Gasteiger partial charge in [-0.1, -0.05) is 22.0 Å². The van der Waals surface area contributed by atoms with Gasteiger partial charge in [0, 0.05) is 22.9 Å². The number of hydrogen-bond acceptors (Lipinski definition) is 4. The van der Waals surface area contributed by atoms with Gasteiger partial charge in [0.05, 0.1) is 10.7 Å². The number of ether oxygens (including phenoxy) is 1. The van der Waals surface area contributed by atoms with E-state index in [1.54, 1.807) is 11.3 Å². The topological polar surface area (TPSA) is 34.2 Å². The number of thiazole rings is 1. The second kappa shape index (κ2) is 6.87. The number of nitrogens with zero attached hydrogens (tertiary/aromatic N) is 1. The van der Waals surface area contributed by atoms with E-state index in [0.717, 1.165) is 34.0 Å². The third kappa shape index (κ3) is 4.40. The molecular formula is C13H15BrN2OS. The summed E-state index contributed by atoms with van der Waals surface area (Å²) in [5.41, 5.74) is 1.10. The highest BCUT2D eigenvalue weighted by Crippen LogP contribution is 2.17. The fraction of sp³-hybridized carbons (Fsp3) is 0.308. The van der Waals surface area contributed by atoms with Crippen LogP contribution in [0.25, 0.3) is 0 Å². The van der Waals surface area contributed by atoms with Crippen molar-refractivity contribution < 1.29 is 4.74 Å². The number of aryl methyl sites for hydroxylation is 1. The fourth-order valence-corrected chi connectivity index (χ4v) is 2.49. The first kappa shape index (κ1) is 13.5. The van der Waals surface area contributed by atoms with Crippen LogP contribution in [0.3, 0.4) is 0 Å². The molecule has 0 atom stereocenters. The number of hydrogen-bond donors (Lipinski definition) is 1. The van der Waals surface area contributed by atoms with Gasteiger partial charge in [0.2, 0.25) is 0 Å². The molecule has 2 aromatic rings. The van der Waals surface area contributed by atoms with Crippen LogP contribution in [-0.4, -0.2) is 18.1 Å². The Balaban J connectivity index is 1.64. The highest BCUT2D eigenvalue weighted by molar-refractivity contribution is 9.10. The highest BCUT2D eigenvalue weighted by Gasteiger charge is 1.98. The first-order valence-electron chi connectivity index (χ1n) is 5.74. The normalized spacial score (nSPS) is 10.6. The van der Waals surface area contributed by atoms with E-state index in [1.807, 2.05) is 31.2 Å². The smallest absolute Gasteiger partial charge is 0.120 e.